The maximum absolute atomic E-state index is 12.9. The van der Waals surface area contributed by atoms with Crippen molar-refractivity contribution < 1.29 is 9.53 Å². The summed E-state index contributed by atoms with van der Waals surface area (Å²) in [6.45, 7) is 7.96. The number of rotatable bonds is 4. The van der Waals surface area contributed by atoms with E-state index in [1.54, 1.807) is 0 Å². The van der Waals surface area contributed by atoms with Crippen LogP contribution < -0.4 is 4.90 Å². The molecule has 0 bridgehead atoms. The molecule has 1 heterocycles. The molecule has 0 N–H and O–H groups in total. The van der Waals surface area contributed by atoms with Gasteiger partial charge in [-0.25, -0.2) is 0 Å². The SMILES string of the molecule is CC(C)(C)OC(=O)[C@H](c1ccccc1)c1ccc(N2CCCC2)cc1. The Kier molecular flexibility index (Phi) is 5.12. The lowest BCUT2D eigenvalue weighted by Gasteiger charge is -2.25. The first-order valence-electron chi connectivity index (χ1n) is 9.07. The first-order chi connectivity index (χ1) is 11.9. The van der Waals surface area contributed by atoms with Crippen LogP contribution in [0.4, 0.5) is 5.69 Å². The number of benzene rings is 2. The first-order valence-corrected chi connectivity index (χ1v) is 9.07. The second-order valence-corrected chi connectivity index (χ2v) is 7.66. The van der Waals surface area contributed by atoms with Gasteiger partial charge in [-0.3, -0.25) is 4.79 Å². The van der Waals surface area contributed by atoms with Crippen molar-refractivity contribution in [2.75, 3.05) is 18.0 Å². The predicted molar refractivity (Wildman–Crippen MR) is 102 cm³/mol. The number of carbonyl (C=O) groups is 1. The van der Waals surface area contributed by atoms with Gasteiger partial charge in [-0.05, 0) is 56.9 Å². The fourth-order valence-electron chi connectivity index (χ4n) is 3.32. The quantitative estimate of drug-likeness (QED) is 0.753. The highest BCUT2D eigenvalue weighted by Gasteiger charge is 2.28. The summed E-state index contributed by atoms with van der Waals surface area (Å²) in [5.41, 5.74) is 2.67. The minimum Gasteiger partial charge on any atom is -0.459 e. The zero-order chi connectivity index (χ0) is 17.9. The molecule has 0 amide bonds. The van der Waals surface area contributed by atoms with Crippen molar-refractivity contribution in [1.29, 1.82) is 0 Å². The fraction of sp³-hybridized carbons (Fsp3) is 0.409. The van der Waals surface area contributed by atoms with E-state index in [4.69, 9.17) is 4.74 Å². The summed E-state index contributed by atoms with van der Waals surface area (Å²) in [5.74, 6) is -0.597. The standard InChI is InChI=1S/C22H27NO2/c1-22(2,3)25-21(24)20(17-9-5-4-6-10-17)18-11-13-19(14-12-18)23-15-7-8-16-23/h4-6,9-14,20H,7-8,15-16H2,1-3H3/t20-/m1/s1. The lowest BCUT2D eigenvalue weighted by molar-refractivity contribution is -0.155. The number of ether oxygens (including phenoxy) is 1. The summed E-state index contributed by atoms with van der Waals surface area (Å²) in [6, 6.07) is 18.3. The van der Waals surface area contributed by atoms with Gasteiger partial charge in [0.05, 0.1) is 0 Å². The van der Waals surface area contributed by atoms with Crippen molar-refractivity contribution in [2.45, 2.75) is 45.1 Å². The lowest BCUT2D eigenvalue weighted by Crippen LogP contribution is -2.28. The van der Waals surface area contributed by atoms with E-state index in [-0.39, 0.29) is 5.97 Å². The summed E-state index contributed by atoms with van der Waals surface area (Å²) in [4.78, 5) is 15.3. The maximum atomic E-state index is 12.9. The molecule has 3 heteroatoms. The van der Waals surface area contributed by atoms with Gasteiger partial charge in [0.1, 0.15) is 11.5 Å². The Morgan fingerprint density at radius 2 is 1.48 bits per heavy atom. The van der Waals surface area contributed by atoms with Gasteiger partial charge in [0.15, 0.2) is 0 Å². The van der Waals surface area contributed by atoms with Gasteiger partial charge >= 0.3 is 5.97 Å². The second-order valence-electron chi connectivity index (χ2n) is 7.66. The molecule has 0 saturated carbocycles. The van der Waals surface area contributed by atoms with Gasteiger partial charge in [0, 0.05) is 18.8 Å². The fourth-order valence-corrected chi connectivity index (χ4v) is 3.32. The van der Waals surface area contributed by atoms with E-state index in [0.717, 1.165) is 24.2 Å². The Balaban J connectivity index is 1.89. The van der Waals surface area contributed by atoms with Crippen molar-refractivity contribution in [3.8, 4) is 0 Å². The molecule has 132 valence electrons. The van der Waals surface area contributed by atoms with Crippen LogP contribution in [-0.2, 0) is 9.53 Å². The maximum Gasteiger partial charge on any atom is 0.318 e. The molecule has 0 unspecified atom stereocenters. The zero-order valence-corrected chi connectivity index (χ0v) is 15.4. The molecule has 0 aromatic heterocycles. The van der Waals surface area contributed by atoms with Gasteiger partial charge in [-0.15, -0.1) is 0 Å². The van der Waals surface area contributed by atoms with Crippen LogP contribution in [0, 0.1) is 0 Å². The average Bonchev–Trinajstić information content (AvgIpc) is 3.09. The highest BCUT2D eigenvalue weighted by molar-refractivity contribution is 5.82. The smallest absolute Gasteiger partial charge is 0.318 e. The molecule has 3 nitrogen and oxygen atoms in total. The van der Waals surface area contributed by atoms with E-state index in [0.29, 0.717) is 0 Å². The third kappa shape index (κ3) is 4.41. The third-order valence-corrected chi connectivity index (χ3v) is 4.47. The zero-order valence-electron chi connectivity index (χ0n) is 15.4. The van der Waals surface area contributed by atoms with E-state index >= 15 is 0 Å². The molecule has 1 atom stereocenters. The lowest BCUT2D eigenvalue weighted by atomic mass is 9.91. The molecular formula is C22H27NO2. The molecule has 0 aliphatic carbocycles. The molecule has 1 saturated heterocycles. The predicted octanol–water partition coefficient (Wildman–Crippen LogP) is 4.76. The molecule has 1 aliphatic heterocycles. The van der Waals surface area contributed by atoms with Crippen LogP contribution in [-0.4, -0.2) is 24.7 Å². The molecule has 1 fully saturated rings. The van der Waals surface area contributed by atoms with Crippen molar-refractivity contribution >= 4 is 11.7 Å². The Labute approximate surface area is 150 Å². The van der Waals surface area contributed by atoms with Crippen molar-refractivity contribution in [3.05, 3.63) is 65.7 Å². The molecule has 1 aliphatic rings. The summed E-state index contributed by atoms with van der Waals surface area (Å²) in [5, 5.41) is 0. The number of hydrogen-bond acceptors (Lipinski definition) is 3. The normalized spacial score (nSPS) is 15.9. The molecule has 3 rings (SSSR count). The Hall–Kier alpha value is -2.29. The van der Waals surface area contributed by atoms with Gasteiger partial charge in [-0.2, -0.15) is 0 Å². The first kappa shape index (κ1) is 17.5. The minimum atomic E-state index is -0.500. The summed E-state index contributed by atoms with van der Waals surface area (Å²) in [7, 11) is 0. The van der Waals surface area contributed by atoms with Gasteiger partial charge in [0.25, 0.3) is 0 Å². The Morgan fingerprint density at radius 3 is 2.04 bits per heavy atom. The number of esters is 1. The second kappa shape index (κ2) is 7.30. The summed E-state index contributed by atoms with van der Waals surface area (Å²) >= 11 is 0. The average molecular weight is 337 g/mol. The Morgan fingerprint density at radius 1 is 0.920 bits per heavy atom. The summed E-state index contributed by atoms with van der Waals surface area (Å²) < 4.78 is 5.69. The van der Waals surface area contributed by atoms with Crippen LogP contribution >= 0.6 is 0 Å². The van der Waals surface area contributed by atoms with E-state index in [1.807, 2.05) is 51.1 Å². The van der Waals surface area contributed by atoms with Gasteiger partial charge < -0.3 is 9.64 Å². The largest absolute Gasteiger partial charge is 0.459 e. The van der Waals surface area contributed by atoms with Crippen LogP contribution in [0.25, 0.3) is 0 Å². The monoisotopic (exact) mass is 337 g/mol. The highest BCUT2D eigenvalue weighted by atomic mass is 16.6. The number of hydrogen-bond donors (Lipinski definition) is 0. The van der Waals surface area contributed by atoms with Crippen molar-refractivity contribution in [2.24, 2.45) is 0 Å². The molecule has 0 radical (unpaired) electrons. The molecular weight excluding hydrogens is 310 g/mol. The molecule has 25 heavy (non-hydrogen) atoms. The van der Waals surface area contributed by atoms with Crippen LogP contribution in [0.1, 0.15) is 50.7 Å². The number of carbonyl (C=O) groups excluding carboxylic acids is 1. The van der Waals surface area contributed by atoms with Crippen LogP contribution in [0.3, 0.4) is 0 Å². The van der Waals surface area contributed by atoms with E-state index < -0.39 is 11.5 Å². The van der Waals surface area contributed by atoms with Crippen LogP contribution in [0.2, 0.25) is 0 Å². The van der Waals surface area contributed by atoms with Crippen molar-refractivity contribution in [1.82, 2.24) is 0 Å². The van der Waals surface area contributed by atoms with Gasteiger partial charge in [-0.1, -0.05) is 42.5 Å². The van der Waals surface area contributed by atoms with E-state index in [2.05, 4.69) is 29.2 Å². The third-order valence-electron chi connectivity index (χ3n) is 4.47. The molecule has 2 aromatic carbocycles. The minimum absolute atomic E-state index is 0.201. The number of nitrogens with zero attached hydrogens (tertiary/aromatic N) is 1. The topological polar surface area (TPSA) is 29.5 Å². The van der Waals surface area contributed by atoms with E-state index in [9.17, 15) is 4.79 Å². The highest BCUT2D eigenvalue weighted by Crippen LogP contribution is 2.30. The van der Waals surface area contributed by atoms with Crippen molar-refractivity contribution in [3.63, 3.8) is 0 Å². The van der Waals surface area contributed by atoms with E-state index in [1.165, 1.54) is 18.5 Å². The number of anilines is 1. The van der Waals surface area contributed by atoms with Crippen LogP contribution in [0.15, 0.2) is 54.6 Å². The Bertz CT molecular complexity index is 695. The molecule has 2 aromatic rings. The van der Waals surface area contributed by atoms with Crippen LogP contribution in [0.5, 0.6) is 0 Å². The van der Waals surface area contributed by atoms with Gasteiger partial charge in [0.2, 0.25) is 0 Å². The summed E-state index contributed by atoms with van der Waals surface area (Å²) in [6.07, 6.45) is 2.51. The molecule has 0 spiro atoms.